The number of aromatic amines is 1. The van der Waals surface area contributed by atoms with Crippen molar-refractivity contribution in [3.05, 3.63) is 71.8 Å². The summed E-state index contributed by atoms with van der Waals surface area (Å²) in [4.78, 5) is 11.6. The van der Waals surface area contributed by atoms with E-state index < -0.39 is 6.09 Å². The molecule has 1 aromatic heterocycles. The molecule has 7 nitrogen and oxygen atoms in total. The first-order chi connectivity index (χ1) is 12.3. The third-order valence-corrected chi connectivity index (χ3v) is 3.40. The molecule has 7 heteroatoms. The number of benzene rings is 2. The van der Waals surface area contributed by atoms with Gasteiger partial charge in [0.1, 0.15) is 6.61 Å². The summed E-state index contributed by atoms with van der Waals surface area (Å²) >= 11 is 0. The van der Waals surface area contributed by atoms with Gasteiger partial charge in [-0.1, -0.05) is 66.7 Å². The lowest BCUT2D eigenvalue weighted by Crippen LogP contribution is -2.24. The van der Waals surface area contributed by atoms with Crippen LogP contribution in [0.2, 0.25) is 0 Å². The van der Waals surface area contributed by atoms with Gasteiger partial charge in [-0.3, -0.25) is 0 Å². The van der Waals surface area contributed by atoms with Crippen LogP contribution in [0.5, 0.6) is 0 Å². The minimum absolute atomic E-state index is 0.258. The third-order valence-electron chi connectivity index (χ3n) is 3.40. The predicted octanol–water partition coefficient (Wildman–Crippen LogP) is 2.81. The number of ether oxygens (including phenoxy) is 1. The maximum atomic E-state index is 11.6. The van der Waals surface area contributed by atoms with Gasteiger partial charge >= 0.3 is 6.09 Å². The van der Waals surface area contributed by atoms with Crippen molar-refractivity contribution in [3.8, 4) is 11.4 Å². The van der Waals surface area contributed by atoms with Crippen molar-refractivity contribution in [1.29, 1.82) is 0 Å². The van der Waals surface area contributed by atoms with Gasteiger partial charge < -0.3 is 10.1 Å². The van der Waals surface area contributed by atoms with E-state index in [2.05, 4.69) is 25.9 Å². The number of rotatable bonds is 6. The molecule has 0 atom stereocenters. The number of tetrazole rings is 1. The molecule has 0 aliphatic heterocycles. The van der Waals surface area contributed by atoms with Crippen molar-refractivity contribution in [2.24, 2.45) is 0 Å². The Morgan fingerprint density at radius 3 is 2.64 bits per heavy atom. The highest BCUT2D eigenvalue weighted by atomic mass is 16.5. The van der Waals surface area contributed by atoms with Crippen LogP contribution in [0.1, 0.15) is 11.1 Å². The Balaban J connectivity index is 1.41. The fourth-order valence-corrected chi connectivity index (χ4v) is 2.14. The van der Waals surface area contributed by atoms with Gasteiger partial charge in [-0.15, -0.1) is 10.2 Å². The van der Waals surface area contributed by atoms with E-state index in [1.54, 1.807) is 0 Å². The first-order valence-corrected chi connectivity index (χ1v) is 7.76. The molecule has 0 fully saturated rings. The van der Waals surface area contributed by atoms with Gasteiger partial charge in [-0.25, -0.2) is 4.79 Å². The second kappa shape index (κ2) is 8.39. The van der Waals surface area contributed by atoms with Crippen LogP contribution in [0.4, 0.5) is 4.79 Å². The molecule has 0 aliphatic carbocycles. The Hall–Kier alpha value is -3.48. The zero-order valence-electron chi connectivity index (χ0n) is 13.4. The lowest BCUT2D eigenvalue weighted by molar-refractivity contribution is 0.141. The minimum atomic E-state index is -0.444. The molecule has 0 saturated heterocycles. The van der Waals surface area contributed by atoms with Crippen molar-refractivity contribution in [2.45, 2.75) is 6.61 Å². The van der Waals surface area contributed by atoms with E-state index in [1.807, 2.05) is 66.7 Å². The molecule has 126 valence electrons. The van der Waals surface area contributed by atoms with E-state index in [0.717, 1.165) is 16.7 Å². The maximum absolute atomic E-state index is 11.6. The molecular weight excluding hydrogens is 318 g/mol. The van der Waals surface area contributed by atoms with E-state index in [-0.39, 0.29) is 6.61 Å². The first kappa shape index (κ1) is 16.4. The fraction of sp³-hybridized carbons (Fsp3) is 0.111. The average Bonchev–Trinajstić information content (AvgIpc) is 3.20. The monoisotopic (exact) mass is 335 g/mol. The Bertz CT molecular complexity index is 814. The molecule has 3 aromatic rings. The third kappa shape index (κ3) is 5.00. The zero-order valence-corrected chi connectivity index (χ0v) is 13.4. The molecule has 0 unspecified atom stereocenters. The van der Waals surface area contributed by atoms with Crippen molar-refractivity contribution >= 4 is 12.2 Å². The Morgan fingerprint density at radius 2 is 1.92 bits per heavy atom. The summed E-state index contributed by atoms with van der Waals surface area (Å²) in [5, 5.41) is 16.5. The number of hydrogen-bond acceptors (Lipinski definition) is 5. The van der Waals surface area contributed by atoms with Gasteiger partial charge in [0.05, 0.1) is 0 Å². The van der Waals surface area contributed by atoms with Gasteiger partial charge in [0, 0.05) is 12.1 Å². The van der Waals surface area contributed by atoms with Gasteiger partial charge in [-0.05, 0) is 16.3 Å². The highest BCUT2D eigenvalue weighted by molar-refractivity contribution is 5.67. The number of hydrogen-bond donors (Lipinski definition) is 2. The van der Waals surface area contributed by atoms with Crippen LogP contribution in [0, 0.1) is 0 Å². The molecule has 1 heterocycles. The molecule has 2 N–H and O–H groups in total. The van der Waals surface area contributed by atoms with Crippen LogP contribution >= 0.6 is 0 Å². The van der Waals surface area contributed by atoms with Crippen molar-refractivity contribution in [1.82, 2.24) is 25.9 Å². The molecule has 0 radical (unpaired) electrons. The highest BCUT2D eigenvalue weighted by Gasteiger charge is 2.02. The summed E-state index contributed by atoms with van der Waals surface area (Å²) in [6.45, 7) is 0.647. The number of carbonyl (C=O) groups excluding carboxylic acids is 1. The molecule has 0 saturated carbocycles. The van der Waals surface area contributed by atoms with Crippen molar-refractivity contribution in [3.63, 3.8) is 0 Å². The number of alkyl carbamates (subject to hydrolysis) is 1. The van der Waals surface area contributed by atoms with Crippen molar-refractivity contribution in [2.75, 3.05) is 6.54 Å². The van der Waals surface area contributed by atoms with E-state index >= 15 is 0 Å². The summed E-state index contributed by atoms with van der Waals surface area (Å²) in [7, 11) is 0. The molecule has 0 spiro atoms. The van der Waals surface area contributed by atoms with Crippen LogP contribution in [0.25, 0.3) is 17.5 Å². The fourth-order valence-electron chi connectivity index (χ4n) is 2.14. The standard InChI is InChI=1S/C18H17N5O2/c24-18(25-13-15-5-2-1-3-6-15)19-12-4-7-14-8-10-16(11-9-14)17-20-22-23-21-17/h1-11H,12-13H2,(H,19,24)(H,20,21,22,23). The summed E-state index contributed by atoms with van der Waals surface area (Å²) in [6, 6.07) is 17.2. The number of H-pyrrole nitrogens is 1. The molecule has 3 rings (SSSR count). The number of aromatic nitrogens is 4. The lowest BCUT2D eigenvalue weighted by atomic mass is 10.1. The molecule has 2 aromatic carbocycles. The number of carbonyl (C=O) groups is 1. The molecule has 0 aliphatic rings. The van der Waals surface area contributed by atoms with E-state index in [1.165, 1.54) is 0 Å². The predicted molar refractivity (Wildman–Crippen MR) is 93.3 cm³/mol. The SMILES string of the molecule is O=C(NCC=Cc1ccc(-c2nn[nH]n2)cc1)OCc1ccccc1. The van der Waals surface area contributed by atoms with E-state index in [9.17, 15) is 4.79 Å². The molecular formula is C18H17N5O2. The first-order valence-electron chi connectivity index (χ1n) is 7.76. The zero-order chi connectivity index (χ0) is 17.3. The summed E-state index contributed by atoms with van der Waals surface area (Å²) in [5.74, 6) is 0.554. The van der Waals surface area contributed by atoms with Crippen LogP contribution in [-0.2, 0) is 11.3 Å². The second-order valence-corrected chi connectivity index (χ2v) is 5.20. The van der Waals surface area contributed by atoms with Gasteiger partial charge in [-0.2, -0.15) is 5.21 Å². The number of amides is 1. The quantitative estimate of drug-likeness (QED) is 0.722. The summed E-state index contributed by atoms with van der Waals surface area (Å²) in [5.41, 5.74) is 2.84. The topological polar surface area (TPSA) is 92.8 Å². The molecule has 1 amide bonds. The van der Waals surface area contributed by atoms with Gasteiger partial charge in [0.25, 0.3) is 0 Å². The number of nitrogens with one attached hydrogen (secondary N) is 2. The van der Waals surface area contributed by atoms with Gasteiger partial charge in [0.15, 0.2) is 0 Å². The summed E-state index contributed by atoms with van der Waals surface area (Å²) < 4.78 is 5.13. The molecule has 0 bridgehead atoms. The Morgan fingerprint density at radius 1 is 1.12 bits per heavy atom. The van der Waals surface area contributed by atoms with E-state index in [4.69, 9.17) is 4.74 Å². The number of nitrogens with zero attached hydrogens (tertiary/aromatic N) is 3. The normalized spacial score (nSPS) is 10.7. The van der Waals surface area contributed by atoms with Gasteiger partial charge in [0.2, 0.25) is 5.82 Å². The smallest absolute Gasteiger partial charge is 0.407 e. The minimum Gasteiger partial charge on any atom is -0.445 e. The van der Waals surface area contributed by atoms with Crippen LogP contribution in [0.3, 0.4) is 0 Å². The summed E-state index contributed by atoms with van der Waals surface area (Å²) in [6.07, 6.45) is 3.32. The Kier molecular flexibility index (Phi) is 5.50. The maximum Gasteiger partial charge on any atom is 0.407 e. The largest absolute Gasteiger partial charge is 0.445 e. The van der Waals surface area contributed by atoms with Crippen molar-refractivity contribution < 1.29 is 9.53 Å². The molecule has 25 heavy (non-hydrogen) atoms. The average molecular weight is 335 g/mol. The van der Waals surface area contributed by atoms with Crippen LogP contribution in [0.15, 0.2) is 60.7 Å². The lowest BCUT2D eigenvalue weighted by Gasteiger charge is -2.05. The van der Waals surface area contributed by atoms with E-state index in [0.29, 0.717) is 12.4 Å². The van der Waals surface area contributed by atoms with Crippen LogP contribution in [-0.4, -0.2) is 33.3 Å². The van der Waals surface area contributed by atoms with Crippen LogP contribution < -0.4 is 5.32 Å². The highest BCUT2D eigenvalue weighted by Crippen LogP contribution is 2.14. The Labute approximate surface area is 144 Å². The second-order valence-electron chi connectivity index (χ2n) is 5.20.